The van der Waals surface area contributed by atoms with Crippen LogP contribution in [0.15, 0.2) is 23.2 Å². The van der Waals surface area contributed by atoms with Gasteiger partial charge in [0.1, 0.15) is 5.82 Å². The number of ether oxygens (including phenoxy) is 1. The number of rotatable bonds is 7. The molecular formula is C17H27FN4O. The molecule has 1 aliphatic heterocycles. The largest absolute Gasteiger partial charge is 0.380 e. The van der Waals surface area contributed by atoms with E-state index < -0.39 is 0 Å². The van der Waals surface area contributed by atoms with Crippen molar-refractivity contribution in [2.75, 3.05) is 26.7 Å². The summed E-state index contributed by atoms with van der Waals surface area (Å²) in [5.41, 5.74) is 7.39. The molecule has 1 aromatic rings. The lowest BCUT2D eigenvalue weighted by Gasteiger charge is -2.23. The van der Waals surface area contributed by atoms with Gasteiger partial charge in [-0.15, -0.1) is 0 Å². The van der Waals surface area contributed by atoms with Crippen LogP contribution in [0.1, 0.15) is 30.9 Å². The van der Waals surface area contributed by atoms with E-state index in [2.05, 4.69) is 22.1 Å². The lowest BCUT2D eigenvalue weighted by molar-refractivity contribution is 0.181. The monoisotopic (exact) mass is 322 g/mol. The first kappa shape index (κ1) is 17.7. The maximum Gasteiger partial charge on any atom is 0.188 e. The second-order valence-corrected chi connectivity index (χ2v) is 5.87. The molecule has 0 saturated carbocycles. The van der Waals surface area contributed by atoms with Crippen LogP contribution in [0.4, 0.5) is 4.39 Å². The fourth-order valence-corrected chi connectivity index (χ4v) is 2.99. The van der Waals surface area contributed by atoms with E-state index in [0.29, 0.717) is 24.1 Å². The lowest BCUT2D eigenvalue weighted by atomic mass is 10.1. The van der Waals surface area contributed by atoms with Gasteiger partial charge in [-0.3, -0.25) is 4.90 Å². The molecular weight excluding hydrogens is 295 g/mol. The molecule has 6 heteroatoms. The Hall–Kier alpha value is -1.66. The van der Waals surface area contributed by atoms with Gasteiger partial charge in [-0.25, -0.2) is 9.38 Å². The number of methoxy groups -OCH3 is 1. The van der Waals surface area contributed by atoms with Crippen LogP contribution in [0.3, 0.4) is 0 Å². The standard InChI is InChI=1S/C17H27FN4O/c1-3-22-8-4-5-15(22)11-21-17(19)20-10-13-6-7-16(18)14(9-13)12-23-2/h6-7,9,15H,3-5,8,10-12H2,1-2H3,(H3,19,20,21). The first-order chi connectivity index (χ1) is 11.1. The third kappa shape index (κ3) is 5.18. The molecule has 0 bridgehead atoms. The fraction of sp³-hybridized carbons (Fsp3) is 0.588. The lowest BCUT2D eigenvalue weighted by Crippen LogP contribution is -2.42. The number of nitrogens with zero attached hydrogens (tertiary/aromatic N) is 2. The van der Waals surface area contributed by atoms with Crippen LogP contribution in [0.2, 0.25) is 0 Å². The highest BCUT2D eigenvalue weighted by molar-refractivity contribution is 5.77. The van der Waals surface area contributed by atoms with Crippen LogP contribution < -0.4 is 11.1 Å². The van der Waals surface area contributed by atoms with E-state index in [0.717, 1.165) is 25.2 Å². The zero-order valence-electron chi connectivity index (χ0n) is 14.0. The van der Waals surface area contributed by atoms with Gasteiger partial charge in [0.2, 0.25) is 0 Å². The normalized spacial score (nSPS) is 19.3. The Balaban J connectivity index is 1.85. The van der Waals surface area contributed by atoms with E-state index in [1.807, 2.05) is 0 Å². The van der Waals surface area contributed by atoms with E-state index in [1.165, 1.54) is 18.9 Å². The molecule has 0 aliphatic carbocycles. The van der Waals surface area contributed by atoms with Crippen LogP contribution >= 0.6 is 0 Å². The van der Waals surface area contributed by atoms with E-state index in [-0.39, 0.29) is 12.4 Å². The smallest absolute Gasteiger partial charge is 0.188 e. The molecule has 23 heavy (non-hydrogen) atoms. The third-order valence-corrected chi connectivity index (χ3v) is 4.27. The highest BCUT2D eigenvalue weighted by Crippen LogP contribution is 2.15. The van der Waals surface area contributed by atoms with E-state index >= 15 is 0 Å². The van der Waals surface area contributed by atoms with E-state index in [1.54, 1.807) is 19.2 Å². The van der Waals surface area contributed by atoms with Crippen molar-refractivity contribution in [2.45, 2.75) is 39.0 Å². The molecule has 1 aromatic carbocycles. The molecule has 1 saturated heterocycles. The number of benzene rings is 1. The summed E-state index contributed by atoms with van der Waals surface area (Å²) in [6.07, 6.45) is 2.45. The van der Waals surface area contributed by atoms with Gasteiger partial charge < -0.3 is 15.8 Å². The van der Waals surface area contributed by atoms with Gasteiger partial charge in [-0.2, -0.15) is 0 Å². The Labute approximate surface area is 137 Å². The predicted octanol–water partition coefficient (Wildman–Crippen LogP) is 1.86. The van der Waals surface area contributed by atoms with Gasteiger partial charge in [-0.05, 0) is 43.6 Å². The minimum atomic E-state index is -0.258. The summed E-state index contributed by atoms with van der Waals surface area (Å²) in [5.74, 6) is 0.178. The Morgan fingerprint density at radius 2 is 2.35 bits per heavy atom. The molecule has 0 spiro atoms. The van der Waals surface area contributed by atoms with Crippen LogP contribution in [0.5, 0.6) is 0 Å². The summed E-state index contributed by atoms with van der Waals surface area (Å²) in [6.45, 7) is 5.92. The van der Waals surface area contributed by atoms with E-state index in [4.69, 9.17) is 10.5 Å². The third-order valence-electron chi connectivity index (χ3n) is 4.27. The number of likely N-dealkylation sites (N-methyl/N-ethyl adjacent to an activating group) is 1. The van der Waals surface area contributed by atoms with Crippen molar-refractivity contribution in [1.82, 2.24) is 10.2 Å². The van der Waals surface area contributed by atoms with Gasteiger partial charge in [-0.1, -0.05) is 13.0 Å². The first-order valence-electron chi connectivity index (χ1n) is 8.18. The van der Waals surface area contributed by atoms with Crippen molar-refractivity contribution in [3.8, 4) is 0 Å². The molecule has 3 N–H and O–H groups in total. The Kier molecular flexibility index (Phi) is 6.80. The summed E-state index contributed by atoms with van der Waals surface area (Å²) in [7, 11) is 1.55. The minimum Gasteiger partial charge on any atom is -0.380 e. The molecule has 0 radical (unpaired) electrons. The van der Waals surface area contributed by atoms with Crippen molar-refractivity contribution in [3.05, 3.63) is 35.1 Å². The Morgan fingerprint density at radius 1 is 1.52 bits per heavy atom. The zero-order valence-corrected chi connectivity index (χ0v) is 14.0. The quantitative estimate of drug-likeness (QED) is 0.594. The average Bonchev–Trinajstić information content (AvgIpc) is 3.01. The number of halogens is 1. The maximum atomic E-state index is 13.6. The zero-order chi connectivity index (χ0) is 16.7. The Bertz CT molecular complexity index is 535. The van der Waals surface area contributed by atoms with Gasteiger partial charge in [0, 0.05) is 25.3 Å². The molecule has 1 unspecified atom stereocenters. The van der Waals surface area contributed by atoms with Crippen molar-refractivity contribution >= 4 is 5.96 Å². The van der Waals surface area contributed by atoms with Gasteiger partial charge >= 0.3 is 0 Å². The van der Waals surface area contributed by atoms with Crippen molar-refractivity contribution in [1.29, 1.82) is 0 Å². The second kappa shape index (κ2) is 8.84. The van der Waals surface area contributed by atoms with Gasteiger partial charge in [0.25, 0.3) is 0 Å². The van der Waals surface area contributed by atoms with Crippen LogP contribution in [0.25, 0.3) is 0 Å². The number of hydrogen-bond acceptors (Lipinski definition) is 3. The van der Waals surface area contributed by atoms with Gasteiger partial charge in [0.05, 0.1) is 13.2 Å². The Morgan fingerprint density at radius 3 is 3.09 bits per heavy atom. The molecule has 0 aromatic heterocycles. The number of aliphatic imine (C=N–C) groups is 1. The topological polar surface area (TPSA) is 62.9 Å². The number of nitrogens with one attached hydrogen (secondary N) is 1. The number of nitrogens with two attached hydrogens (primary N) is 1. The van der Waals surface area contributed by atoms with Crippen molar-refractivity contribution in [2.24, 2.45) is 10.7 Å². The van der Waals surface area contributed by atoms with Crippen molar-refractivity contribution in [3.63, 3.8) is 0 Å². The average molecular weight is 322 g/mol. The predicted molar refractivity (Wildman–Crippen MR) is 90.7 cm³/mol. The maximum absolute atomic E-state index is 13.6. The fourth-order valence-electron chi connectivity index (χ4n) is 2.99. The second-order valence-electron chi connectivity index (χ2n) is 5.87. The summed E-state index contributed by atoms with van der Waals surface area (Å²) in [4.78, 5) is 6.79. The summed E-state index contributed by atoms with van der Waals surface area (Å²) < 4.78 is 18.5. The number of likely N-dealkylation sites (tertiary alicyclic amines) is 1. The van der Waals surface area contributed by atoms with Crippen LogP contribution in [-0.4, -0.2) is 43.6 Å². The molecule has 2 rings (SSSR count). The first-order valence-corrected chi connectivity index (χ1v) is 8.18. The van der Waals surface area contributed by atoms with Gasteiger partial charge in [0.15, 0.2) is 5.96 Å². The summed E-state index contributed by atoms with van der Waals surface area (Å²) >= 11 is 0. The highest BCUT2D eigenvalue weighted by atomic mass is 19.1. The molecule has 0 amide bonds. The highest BCUT2D eigenvalue weighted by Gasteiger charge is 2.22. The summed E-state index contributed by atoms with van der Waals surface area (Å²) in [6, 6.07) is 5.47. The SMILES string of the molecule is CCN1CCCC1CNC(N)=NCc1ccc(F)c(COC)c1. The molecule has 1 atom stereocenters. The molecule has 1 fully saturated rings. The molecule has 5 nitrogen and oxygen atoms in total. The van der Waals surface area contributed by atoms with E-state index in [9.17, 15) is 4.39 Å². The molecule has 128 valence electrons. The van der Waals surface area contributed by atoms with Crippen LogP contribution in [-0.2, 0) is 17.9 Å². The number of guanidine groups is 1. The molecule has 1 aliphatic rings. The minimum absolute atomic E-state index is 0.256. The summed E-state index contributed by atoms with van der Waals surface area (Å²) in [5, 5.41) is 3.20. The number of hydrogen-bond donors (Lipinski definition) is 2. The molecule has 1 heterocycles. The van der Waals surface area contributed by atoms with Crippen LogP contribution in [0, 0.1) is 5.82 Å². The van der Waals surface area contributed by atoms with Crippen molar-refractivity contribution < 1.29 is 9.13 Å².